The fourth-order valence-electron chi connectivity index (χ4n) is 4.25. The molecular formula is C26H32N2O4. The standard InChI is InChI=1S/C26H32N2O4/c1-4-16-28(3)17-10-9-15-26(2,24(29)30)27-25(31)32-18-23-21-13-7-5-11-19(21)20-12-6-8-14-22(20)23/h4-8,11-14,23H,1,9-10,15-18H2,2-3H3,(H,27,31)(H,29,30)/t26-/m0/s1. The zero-order chi connectivity index (χ0) is 23.1. The van der Waals surface area contributed by atoms with Crippen LogP contribution in [0.25, 0.3) is 11.1 Å². The van der Waals surface area contributed by atoms with Crippen LogP contribution in [0.3, 0.4) is 0 Å². The van der Waals surface area contributed by atoms with Gasteiger partial charge < -0.3 is 20.1 Å². The summed E-state index contributed by atoms with van der Waals surface area (Å²) in [6.07, 6.45) is 2.96. The molecule has 0 saturated carbocycles. The number of ether oxygens (including phenoxy) is 1. The highest BCUT2D eigenvalue weighted by atomic mass is 16.5. The number of carbonyl (C=O) groups is 2. The summed E-state index contributed by atoms with van der Waals surface area (Å²) in [6.45, 7) is 7.03. The van der Waals surface area contributed by atoms with Crippen LogP contribution in [0.5, 0.6) is 0 Å². The zero-order valence-electron chi connectivity index (χ0n) is 18.8. The molecule has 32 heavy (non-hydrogen) atoms. The van der Waals surface area contributed by atoms with Gasteiger partial charge in [0.2, 0.25) is 0 Å². The van der Waals surface area contributed by atoms with E-state index in [1.807, 2.05) is 49.5 Å². The van der Waals surface area contributed by atoms with Crippen LogP contribution in [0.15, 0.2) is 61.2 Å². The maximum Gasteiger partial charge on any atom is 0.408 e. The van der Waals surface area contributed by atoms with Crippen molar-refractivity contribution in [3.8, 4) is 11.1 Å². The lowest BCUT2D eigenvalue weighted by atomic mass is 9.95. The van der Waals surface area contributed by atoms with Gasteiger partial charge in [-0.2, -0.15) is 0 Å². The van der Waals surface area contributed by atoms with Gasteiger partial charge in [-0.05, 0) is 62.0 Å². The van der Waals surface area contributed by atoms with E-state index >= 15 is 0 Å². The van der Waals surface area contributed by atoms with Crippen molar-refractivity contribution >= 4 is 12.1 Å². The molecule has 0 bridgehead atoms. The first-order chi connectivity index (χ1) is 15.4. The zero-order valence-corrected chi connectivity index (χ0v) is 18.8. The Hall–Kier alpha value is -3.12. The minimum Gasteiger partial charge on any atom is -0.480 e. The van der Waals surface area contributed by atoms with Gasteiger partial charge in [-0.3, -0.25) is 0 Å². The molecule has 1 amide bonds. The Bertz CT molecular complexity index is 928. The normalized spacial score (nSPS) is 14.3. The molecule has 2 aromatic rings. The van der Waals surface area contributed by atoms with Gasteiger partial charge in [0.05, 0.1) is 0 Å². The summed E-state index contributed by atoms with van der Waals surface area (Å²) in [6, 6.07) is 16.2. The number of nitrogens with one attached hydrogen (secondary N) is 1. The average molecular weight is 437 g/mol. The molecule has 0 radical (unpaired) electrons. The van der Waals surface area contributed by atoms with Gasteiger partial charge in [0.1, 0.15) is 12.1 Å². The molecule has 1 aliphatic rings. The van der Waals surface area contributed by atoms with E-state index in [0.29, 0.717) is 12.8 Å². The number of fused-ring (bicyclic) bond motifs is 3. The van der Waals surface area contributed by atoms with E-state index in [-0.39, 0.29) is 12.5 Å². The number of unbranched alkanes of at least 4 members (excludes halogenated alkanes) is 1. The lowest BCUT2D eigenvalue weighted by Gasteiger charge is -2.26. The Balaban J connectivity index is 1.58. The number of alkyl carbamates (subject to hydrolysis) is 1. The quantitative estimate of drug-likeness (QED) is 0.396. The van der Waals surface area contributed by atoms with Crippen LogP contribution in [-0.4, -0.2) is 54.4 Å². The van der Waals surface area contributed by atoms with E-state index in [0.717, 1.165) is 41.8 Å². The molecular weight excluding hydrogens is 404 g/mol. The number of likely N-dealkylation sites (N-methyl/N-ethyl adjacent to an activating group) is 1. The van der Waals surface area contributed by atoms with E-state index in [9.17, 15) is 14.7 Å². The predicted octanol–water partition coefficient (Wildman–Crippen LogP) is 4.66. The molecule has 6 nitrogen and oxygen atoms in total. The largest absolute Gasteiger partial charge is 0.480 e. The van der Waals surface area contributed by atoms with Crippen molar-refractivity contribution in [3.63, 3.8) is 0 Å². The van der Waals surface area contributed by atoms with Crippen LogP contribution >= 0.6 is 0 Å². The Morgan fingerprint density at radius 3 is 2.28 bits per heavy atom. The third-order valence-corrected chi connectivity index (χ3v) is 6.10. The number of hydrogen-bond acceptors (Lipinski definition) is 4. The SMILES string of the molecule is C=CCN(C)CCCC[C@](C)(NC(=O)OCC1c2ccccc2-c2ccccc21)C(=O)O. The molecule has 0 aromatic heterocycles. The summed E-state index contributed by atoms with van der Waals surface area (Å²) in [5, 5.41) is 12.3. The molecule has 3 rings (SSSR count). The van der Waals surface area contributed by atoms with Crippen LogP contribution < -0.4 is 5.32 Å². The number of carbonyl (C=O) groups excluding carboxylic acids is 1. The highest BCUT2D eigenvalue weighted by molar-refractivity contribution is 5.84. The molecule has 0 unspecified atom stereocenters. The van der Waals surface area contributed by atoms with Gasteiger partial charge in [-0.25, -0.2) is 9.59 Å². The van der Waals surface area contributed by atoms with Crippen LogP contribution in [0, 0.1) is 0 Å². The second-order valence-corrected chi connectivity index (χ2v) is 8.60. The van der Waals surface area contributed by atoms with Gasteiger partial charge >= 0.3 is 12.1 Å². The lowest BCUT2D eigenvalue weighted by molar-refractivity contribution is -0.144. The maximum atomic E-state index is 12.6. The summed E-state index contributed by atoms with van der Waals surface area (Å²) < 4.78 is 5.53. The fraction of sp³-hybridized carbons (Fsp3) is 0.385. The topological polar surface area (TPSA) is 78.9 Å². The molecule has 6 heteroatoms. The van der Waals surface area contributed by atoms with Crippen LogP contribution in [0.2, 0.25) is 0 Å². The molecule has 1 aliphatic carbocycles. The Morgan fingerprint density at radius 2 is 1.72 bits per heavy atom. The smallest absolute Gasteiger partial charge is 0.408 e. The highest BCUT2D eigenvalue weighted by Crippen LogP contribution is 2.44. The van der Waals surface area contributed by atoms with E-state index in [4.69, 9.17) is 4.74 Å². The molecule has 2 aromatic carbocycles. The Labute approximate surface area is 189 Å². The highest BCUT2D eigenvalue weighted by Gasteiger charge is 2.36. The van der Waals surface area contributed by atoms with Crippen LogP contribution in [0.1, 0.15) is 43.2 Å². The van der Waals surface area contributed by atoms with Crippen LogP contribution in [0.4, 0.5) is 4.79 Å². The van der Waals surface area contributed by atoms with Crippen molar-refractivity contribution in [1.82, 2.24) is 10.2 Å². The van der Waals surface area contributed by atoms with Crippen LogP contribution in [-0.2, 0) is 9.53 Å². The summed E-state index contributed by atoms with van der Waals surface area (Å²) in [7, 11) is 1.99. The van der Waals surface area contributed by atoms with Crippen molar-refractivity contribution in [2.45, 2.75) is 37.6 Å². The third kappa shape index (κ3) is 5.37. The number of nitrogens with zero attached hydrogens (tertiary/aromatic N) is 1. The van der Waals surface area contributed by atoms with Gasteiger partial charge in [-0.1, -0.05) is 54.6 Å². The number of hydrogen-bond donors (Lipinski definition) is 2. The minimum atomic E-state index is -1.38. The second kappa shape index (κ2) is 10.5. The van der Waals surface area contributed by atoms with E-state index in [2.05, 4.69) is 28.9 Å². The summed E-state index contributed by atoms with van der Waals surface area (Å²) in [4.78, 5) is 26.6. The minimum absolute atomic E-state index is 0.0652. The molecule has 0 fully saturated rings. The number of rotatable bonds is 11. The van der Waals surface area contributed by atoms with Crippen molar-refractivity contribution in [1.29, 1.82) is 0 Å². The molecule has 1 atom stereocenters. The fourth-order valence-corrected chi connectivity index (χ4v) is 4.25. The first-order valence-corrected chi connectivity index (χ1v) is 11.0. The van der Waals surface area contributed by atoms with E-state index < -0.39 is 17.6 Å². The first-order valence-electron chi connectivity index (χ1n) is 11.0. The van der Waals surface area contributed by atoms with Crippen molar-refractivity contribution in [2.75, 3.05) is 26.7 Å². The molecule has 170 valence electrons. The van der Waals surface area contributed by atoms with Gasteiger partial charge in [-0.15, -0.1) is 6.58 Å². The molecule has 2 N–H and O–H groups in total. The summed E-state index contributed by atoms with van der Waals surface area (Å²) in [5.74, 6) is -1.13. The number of carboxylic acid groups (broad SMARTS) is 1. The number of amides is 1. The number of aliphatic carboxylic acids is 1. The molecule has 0 aliphatic heterocycles. The summed E-state index contributed by atoms with van der Waals surface area (Å²) in [5.41, 5.74) is 3.15. The van der Waals surface area contributed by atoms with Crippen molar-refractivity contribution in [2.24, 2.45) is 0 Å². The first kappa shape index (κ1) is 23.5. The monoisotopic (exact) mass is 436 g/mol. The number of benzene rings is 2. The summed E-state index contributed by atoms with van der Waals surface area (Å²) >= 11 is 0. The van der Waals surface area contributed by atoms with Crippen molar-refractivity contribution < 1.29 is 19.4 Å². The number of carboxylic acids is 1. The average Bonchev–Trinajstić information content (AvgIpc) is 3.09. The Morgan fingerprint density at radius 1 is 1.12 bits per heavy atom. The van der Waals surface area contributed by atoms with Gasteiger partial charge in [0.25, 0.3) is 0 Å². The lowest BCUT2D eigenvalue weighted by Crippen LogP contribution is -2.52. The van der Waals surface area contributed by atoms with Gasteiger partial charge in [0.15, 0.2) is 0 Å². The van der Waals surface area contributed by atoms with Gasteiger partial charge in [0, 0.05) is 12.5 Å². The van der Waals surface area contributed by atoms with E-state index in [1.165, 1.54) is 6.92 Å². The second-order valence-electron chi connectivity index (χ2n) is 8.60. The molecule has 0 spiro atoms. The maximum absolute atomic E-state index is 12.6. The molecule has 0 heterocycles. The third-order valence-electron chi connectivity index (χ3n) is 6.10. The molecule has 0 saturated heterocycles. The van der Waals surface area contributed by atoms with E-state index in [1.54, 1.807) is 0 Å². The Kier molecular flexibility index (Phi) is 7.70. The van der Waals surface area contributed by atoms with Crippen molar-refractivity contribution in [3.05, 3.63) is 72.3 Å². The predicted molar refractivity (Wildman–Crippen MR) is 126 cm³/mol.